The van der Waals surface area contributed by atoms with Crippen LogP contribution >= 0.6 is 0 Å². The second-order valence-electron chi connectivity index (χ2n) is 5.26. The Kier molecular flexibility index (Phi) is 4.97. The van der Waals surface area contributed by atoms with E-state index in [1.165, 1.54) is 5.56 Å². The smallest absolute Gasteiger partial charge is 0.0813 e. The maximum Gasteiger partial charge on any atom is 0.0813 e. The molecule has 1 rings (SSSR count). The van der Waals surface area contributed by atoms with E-state index in [4.69, 9.17) is 4.84 Å². The van der Waals surface area contributed by atoms with Crippen molar-refractivity contribution >= 4 is 0 Å². The molecule has 1 unspecified atom stereocenters. The number of nitrogens with one attached hydrogen (secondary N) is 1. The minimum atomic E-state index is -0.124. The molecule has 0 aromatic heterocycles. The van der Waals surface area contributed by atoms with Crippen LogP contribution in [0.3, 0.4) is 0 Å². The number of benzene rings is 1. The van der Waals surface area contributed by atoms with Crippen LogP contribution in [0.5, 0.6) is 0 Å². The van der Waals surface area contributed by atoms with Crippen molar-refractivity contribution in [3.8, 4) is 0 Å². The van der Waals surface area contributed by atoms with Gasteiger partial charge in [0.15, 0.2) is 0 Å². The van der Waals surface area contributed by atoms with E-state index in [-0.39, 0.29) is 5.60 Å². The third kappa shape index (κ3) is 5.89. The Morgan fingerprint density at radius 2 is 1.81 bits per heavy atom. The van der Waals surface area contributed by atoms with Gasteiger partial charge in [0.05, 0.1) is 5.60 Å². The number of hydrogen-bond donors (Lipinski definition) is 1. The van der Waals surface area contributed by atoms with Crippen molar-refractivity contribution in [1.29, 1.82) is 0 Å². The molecule has 0 aliphatic carbocycles. The number of aryl methyl sites for hydroxylation is 1. The summed E-state index contributed by atoms with van der Waals surface area (Å²) >= 11 is 0. The van der Waals surface area contributed by atoms with Gasteiger partial charge >= 0.3 is 0 Å². The van der Waals surface area contributed by atoms with Gasteiger partial charge in [-0.15, -0.1) is 0 Å². The highest BCUT2D eigenvalue weighted by molar-refractivity contribution is 5.14. The fourth-order valence-electron chi connectivity index (χ4n) is 1.36. The molecule has 1 N–H and O–H groups in total. The van der Waals surface area contributed by atoms with Gasteiger partial charge in [0, 0.05) is 6.04 Å². The quantitative estimate of drug-likeness (QED) is 0.770. The van der Waals surface area contributed by atoms with E-state index in [9.17, 15) is 0 Å². The van der Waals surface area contributed by atoms with E-state index >= 15 is 0 Å². The average molecular weight is 221 g/mol. The van der Waals surface area contributed by atoms with Crippen LogP contribution in [0.15, 0.2) is 30.3 Å². The van der Waals surface area contributed by atoms with Gasteiger partial charge < -0.3 is 0 Å². The minimum Gasteiger partial charge on any atom is -0.296 e. The predicted octanol–water partition coefficient (Wildman–Crippen LogP) is 3.33. The van der Waals surface area contributed by atoms with E-state index in [2.05, 4.69) is 36.7 Å². The largest absolute Gasteiger partial charge is 0.296 e. The summed E-state index contributed by atoms with van der Waals surface area (Å²) in [6, 6.07) is 10.9. The molecule has 0 amide bonds. The molecule has 0 heterocycles. The zero-order valence-corrected chi connectivity index (χ0v) is 10.8. The Hall–Kier alpha value is -0.860. The molecular formula is C14H23NO. The van der Waals surface area contributed by atoms with E-state index in [0.717, 1.165) is 12.8 Å². The van der Waals surface area contributed by atoms with Crippen molar-refractivity contribution in [1.82, 2.24) is 5.48 Å². The predicted molar refractivity (Wildman–Crippen MR) is 68.2 cm³/mol. The van der Waals surface area contributed by atoms with Crippen molar-refractivity contribution in [2.45, 2.75) is 52.2 Å². The summed E-state index contributed by atoms with van der Waals surface area (Å²) in [4.78, 5) is 5.53. The van der Waals surface area contributed by atoms with Crippen molar-refractivity contribution in [2.75, 3.05) is 0 Å². The standard InChI is InChI=1S/C14H23NO/c1-12(15-16-14(2,3)4)10-11-13-8-6-5-7-9-13/h5-9,12,15H,10-11H2,1-4H3. The van der Waals surface area contributed by atoms with E-state index in [1.807, 2.05) is 26.8 Å². The lowest BCUT2D eigenvalue weighted by molar-refractivity contribution is -0.0867. The van der Waals surface area contributed by atoms with Crippen LogP contribution in [0.1, 0.15) is 39.7 Å². The zero-order valence-electron chi connectivity index (χ0n) is 10.8. The van der Waals surface area contributed by atoms with Gasteiger partial charge in [-0.2, -0.15) is 5.48 Å². The third-order valence-electron chi connectivity index (χ3n) is 2.28. The highest BCUT2D eigenvalue weighted by Gasteiger charge is 2.12. The lowest BCUT2D eigenvalue weighted by atomic mass is 10.1. The maximum atomic E-state index is 5.53. The van der Waals surface area contributed by atoms with Crippen LogP contribution in [-0.2, 0) is 11.3 Å². The lowest BCUT2D eigenvalue weighted by Gasteiger charge is -2.23. The second-order valence-corrected chi connectivity index (χ2v) is 5.26. The molecule has 0 aliphatic heterocycles. The van der Waals surface area contributed by atoms with Gasteiger partial charge in [0.1, 0.15) is 0 Å². The fourth-order valence-corrected chi connectivity index (χ4v) is 1.36. The van der Waals surface area contributed by atoms with Crippen molar-refractivity contribution < 1.29 is 4.84 Å². The van der Waals surface area contributed by atoms with Gasteiger partial charge in [0.2, 0.25) is 0 Å². The molecule has 1 atom stereocenters. The molecule has 0 saturated heterocycles. The van der Waals surface area contributed by atoms with Crippen molar-refractivity contribution in [2.24, 2.45) is 0 Å². The summed E-state index contributed by atoms with van der Waals surface area (Å²) < 4.78 is 0. The molecule has 1 aromatic rings. The van der Waals surface area contributed by atoms with E-state index < -0.39 is 0 Å². The van der Waals surface area contributed by atoms with Gasteiger partial charge in [-0.1, -0.05) is 30.3 Å². The third-order valence-corrected chi connectivity index (χ3v) is 2.28. The van der Waals surface area contributed by atoms with Crippen LogP contribution in [0, 0.1) is 0 Å². The average Bonchev–Trinajstić information content (AvgIpc) is 2.24. The molecule has 0 bridgehead atoms. The molecule has 90 valence electrons. The first-order valence-corrected chi connectivity index (χ1v) is 5.95. The van der Waals surface area contributed by atoms with Crippen LogP contribution in [-0.4, -0.2) is 11.6 Å². The normalized spacial score (nSPS) is 13.8. The first-order valence-electron chi connectivity index (χ1n) is 5.95. The van der Waals surface area contributed by atoms with Gasteiger partial charge in [-0.3, -0.25) is 4.84 Å². The van der Waals surface area contributed by atoms with Crippen molar-refractivity contribution in [3.63, 3.8) is 0 Å². The molecule has 2 nitrogen and oxygen atoms in total. The number of hydrogen-bond acceptors (Lipinski definition) is 2. The molecule has 0 saturated carbocycles. The summed E-state index contributed by atoms with van der Waals surface area (Å²) in [5, 5.41) is 0. The maximum absolute atomic E-state index is 5.53. The Bertz CT molecular complexity index is 289. The van der Waals surface area contributed by atoms with E-state index in [0.29, 0.717) is 6.04 Å². The van der Waals surface area contributed by atoms with E-state index in [1.54, 1.807) is 0 Å². The zero-order chi connectivity index (χ0) is 12.0. The molecule has 0 aliphatic rings. The van der Waals surface area contributed by atoms with Gasteiger partial charge in [-0.05, 0) is 46.1 Å². The molecular weight excluding hydrogens is 198 g/mol. The van der Waals surface area contributed by atoms with Gasteiger partial charge in [0.25, 0.3) is 0 Å². The van der Waals surface area contributed by atoms with Crippen LogP contribution in [0.25, 0.3) is 0 Å². The molecule has 1 aromatic carbocycles. The van der Waals surface area contributed by atoms with Crippen molar-refractivity contribution in [3.05, 3.63) is 35.9 Å². The summed E-state index contributed by atoms with van der Waals surface area (Å²) in [7, 11) is 0. The SMILES string of the molecule is CC(CCc1ccccc1)NOC(C)(C)C. The second kappa shape index (κ2) is 6.02. The Morgan fingerprint density at radius 3 is 2.38 bits per heavy atom. The highest BCUT2D eigenvalue weighted by Crippen LogP contribution is 2.08. The minimum absolute atomic E-state index is 0.124. The molecule has 2 heteroatoms. The van der Waals surface area contributed by atoms with Crippen LogP contribution in [0.2, 0.25) is 0 Å². The monoisotopic (exact) mass is 221 g/mol. The summed E-state index contributed by atoms with van der Waals surface area (Å²) in [5.41, 5.74) is 4.35. The number of hydroxylamine groups is 1. The van der Waals surface area contributed by atoms with Crippen LogP contribution < -0.4 is 5.48 Å². The van der Waals surface area contributed by atoms with Gasteiger partial charge in [-0.25, -0.2) is 0 Å². The summed E-state index contributed by atoms with van der Waals surface area (Å²) in [5.74, 6) is 0. The molecule has 0 fully saturated rings. The first-order chi connectivity index (χ1) is 7.47. The number of rotatable bonds is 5. The Labute approximate surface area is 99.0 Å². The first kappa shape index (κ1) is 13.2. The summed E-state index contributed by atoms with van der Waals surface area (Å²) in [6.45, 7) is 8.28. The molecule has 16 heavy (non-hydrogen) atoms. The summed E-state index contributed by atoms with van der Waals surface area (Å²) in [6.07, 6.45) is 2.17. The Morgan fingerprint density at radius 1 is 1.19 bits per heavy atom. The molecule has 0 radical (unpaired) electrons. The highest BCUT2D eigenvalue weighted by atomic mass is 16.7. The topological polar surface area (TPSA) is 21.3 Å². The molecule has 0 spiro atoms. The fraction of sp³-hybridized carbons (Fsp3) is 0.571. The lowest BCUT2D eigenvalue weighted by Crippen LogP contribution is -2.35. The van der Waals surface area contributed by atoms with Crippen LogP contribution in [0.4, 0.5) is 0 Å². The Balaban J connectivity index is 2.23.